The van der Waals surface area contributed by atoms with Crippen LogP contribution in [0.5, 0.6) is 5.75 Å². The topological polar surface area (TPSA) is 64.7 Å². The van der Waals surface area contributed by atoms with Crippen molar-refractivity contribution in [1.82, 2.24) is 0 Å². The molecule has 0 bridgehead atoms. The first-order valence-electron chi connectivity index (χ1n) is 4.95. The Morgan fingerprint density at radius 2 is 2.25 bits per heavy atom. The van der Waals surface area contributed by atoms with Crippen LogP contribution in [-0.2, 0) is 11.3 Å². The van der Waals surface area contributed by atoms with Crippen LogP contribution in [0.25, 0.3) is 0 Å². The summed E-state index contributed by atoms with van der Waals surface area (Å²) in [7, 11) is 1.62. The van der Waals surface area contributed by atoms with E-state index in [0.29, 0.717) is 6.61 Å². The molecule has 0 fully saturated rings. The third kappa shape index (κ3) is 4.09. The fourth-order valence-corrected chi connectivity index (χ4v) is 1.77. The van der Waals surface area contributed by atoms with Crippen molar-refractivity contribution < 1.29 is 14.6 Å². The molecule has 0 heterocycles. The summed E-state index contributed by atoms with van der Waals surface area (Å²) in [5.74, 6) is 0.783. The highest BCUT2D eigenvalue weighted by Gasteiger charge is 2.03. The summed E-state index contributed by atoms with van der Waals surface area (Å²) in [6.45, 7) is 0.909. The molecule has 0 saturated carbocycles. The van der Waals surface area contributed by atoms with Crippen LogP contribution in [0, 0.1) is 0 Å². The lowest BCUT2D eigenvalue weighted by Crippen LogP contribution is -2.24. The molecule has 1 aromatic rings. The van der Waals surface area contributed by atoms with E-state index < -0.39 is 6.10 Å². The largest absolute Gasteiger partial charge is 0.496 e. The maximum atomic E-state index is 9.19. The summed E-state index contributed by atoms with van der Waals surface area (Å²) in [5, 5.41) is 9.19. The highest BCUT2D eigenvalue weighted by molar-refractivity contribution is 9.10. The van der Waals surface area contributed by atoms with Crippen molar-refractivity contribution in [2.45, 2.75) is 12.7 Å². The first kappa shape index (κ1) is 13.4. The molecular weight excluding hydrogens is 274 g/mol. The second-order valence-electron chi connectivity index (χ2n) is 3.37. The second kappa shape index (κ2) is 6.85. The number of aliphatic hydroxyl groups is 1. The summed E-state index contributed by atoms with van der Waals surface area (Å²) in [4.78, 5) is 0. The lowest BCUT2D eigenvalue weighted by atomic mass is 10.2. The number of hydrogen-bond donors (Lipinski definition) is 2. The van der Waals surface area contributed by atoms with Crippen LogP contribution >= 0.6 is 15.9 Å². The van der Waals surface area contributed by atoms with Crippen LogP contribution < -0.4 is 10.5 Å². The molecule has 0 aliphatic carbocycles. The molecule has 4 nitrogen and oxygen atoms in total. The normalized spacial score (nSPS) is 12.5. The van der Waals surface area contributed by atoms with Gasteiger partial charge >= 0.3 is 0 Å². The molecule has 0 aliphatic heterocycles. The zero-order valence-corrected chi connectivity index (χ0v) is 10.7. The Hall–Kier alpha value is -0.620. The summed E-state index contributed by atoms with van der Waals surface area (Å²) in [6.07, 6.45) is -0.596. The first-order chi connectivity index (χ1) is 7.67. The maximum absolute atomic E-state index is 9.19. The number of rotatable bonds is 6. The molecule has 1 rings (SSSR count). The minimum Gasteiger partial charge on any atom is -0.496 e. The van der Waals surface area contributed by atoms with Crippen molar-refractivity contribution in [3.8, 4) is 5.75 Å². The minimum atomic E-state index is -0.596. The molecular formula is C11H16BrNO3. The Labute approximate surface area is 103 Å². The predicted octanol–water partition coefficient (Wildman–Crippen LogP) is 1.29. The zero-order valence-electron chi connectivity index (χ0n) is 9.15. The highest BCUT2D eigenvalue weighted by atomic mass is 79.9. The van der Waals surface area contributed by atoms with E-state index in [1.165, 1.54) is 0 Å². The fourth-order valence-electron chi connectivity index (χ4n) is 1.18. The van der Waals surface area contributed by atoms with Crippen LogP contribution in [-0.4, -0.2) is 31.5 Å². The van der Waals surface area contributed by atoms with Gasteiger partial charge in [0.2, 0.25) is 0 Å². The van der Waals surface area contributed by atoms with Crippen molar-refractivity contribution in [3.63, 3.8) is 0 Å². The van der Waals surface area contributed by atoms with Gasteiger partial charge < -0.3 is 20.3 Å². The van der Waals surface area contributed by atoms with E-state index in [0.717, 1.165) is 15.8 Å². The fraction of sp³-hybridized carbons (Fsp3) is 0.455. The molecule has 0 amide bonds. The number of benzene rings is 1. The Kier molecular flexibility index (Phi) is 5.76. The number of methoxy groups -OCH3 is 1. The van der Waals surface area contributed by atoms with Crippen molar-refractivity contribution >= 4 is 15.9 Å². The summed E-state index contributed by atoms with van der Waals surface area (Å²) in [6, 6.07) is 5.70. The van der Waals surface area contributed by atoms with Gasteiger partial charge in [-0.25, -0.2) is 0 Å². The SMILES string of the molecule is COc1ccc(COC[C@H](O)CN)cc1Br. The van der Waals surface area contributed by atoms with Gasteiger partial charge in [-0.15, -0.1) is 0 Å². The molecule has 0 saturated heterocycles. The van der Waals surface area contributed by atoms with Gasteiger partial charge in [0.15, 0.2) is 0 Å². The summed E-state index contributed by atoms with van der Waals surface area (Å²) < 4.78 is 11.3. The molecule has 90 valence electrons. The van der Waals surface area contributed by atoms with E-state index in [9.17, 15) is 5.11 Å². The van der Waals surface area contributed by atoms with Crippen molar-refractivity contribution in [2.24, 2.45) is 5.73 Å². The molecule has 16 heavy (non-hydrogen) atoms. The third-order valence-corrected chi connectivity index (χ3v) is 2.69. The molecule has 3 N–H and O–H groups in total. The molecule has 0 spiro atoms. The lowest BCUT2D eigenvalue weighted by molar-refractivity contribution is 0.0329. The van der Waals surface area contributed by atoms with Gasteiger partial charge in [0, 0.05) is 6.54 Å². The van der Waals surface area contributed by atoms with Gasteiger partial charge in [-0.3, -0.25) is 0 Å². The number of aliphatic hydroxyl groups excluding tert-OH is 1. The minimum absolute atomic E-state index is 0.215. The number of halogens is 1. The van der Waals surface area contributed by atoms with E-state index in [1.807, 2.05) is 18.2 Å². The average Bonchev–Trinajstić information content (AvgIpc) is 2.29. The van der Waals surface area contributed by atoms with E-state index in [2.05, 4.69) is 15.9 Å². The van der Waals surface area contributed by atoms with E-state index in [4.69, 9.17) is 15.2 Å². The molecule has 1 aromatic carbocycles. The standard InChI is InChI=1S/C11H16BrNO3/c1-15-11-3-2-8(4-10(11)12)6-16-7-9(14)5-13/h2-4,9,14H,5-7,13H2,1H3/t9-/m1/s1. The summed E-state index contributed by atoms with van der Waals surface area (Å²) >= 11 is 3.39. The Morgan fingerprint density at radius 1 is 1.50 bits per heavy atom. The quantitative estimate of drug-likeness (QED) is 0.828. The number of ether oxygens (including phenoxy) is 2. The molecule has 1 atom stereocenters. The van der Waals surface area contributed by atoms with Crippen LogP contribution in [0.4, 0.5) is 0 Å². The van der Waals surface area contributed by atoms with Crippen LogP contribution in [0.15, 0.2) is 22.7 Å². The lowest BCUT2D eigenvalue weighted by Gasteiger charge is -2.10. The molecule has 0 unspecified atom stereocenters. The van der Waals surface area contributed by atoms with Crippen LogP contribution in [0.1, 0.15) is 5.56 Å². The average molecular weight is 290 g/mol. The summed E-state index contributed by atoms with van der Waals surface area (Å²) in [5.41, 5.74) is 6.27. The number of hydrogen-bond acceptors (Lipinski definition) is 4. The van der Waals surface area contributed by atoms with Gasteiger partial charge in [0.05, 0.1) is 30.9 Å². The first-order valence-corrected chi connectivity index (χ1v) is 5.75. The maximum Gasteiger partial charge on any atom is 0.133 e. The van der Waals surface area contributed by atoms with Gasteiger partial charge in [-0.05, 0) is 33.6 Å². The van der Waals surface area contributed by atoms with E-state index >= 15 is 0 Å². The van der Waals surface area contributed by atoms with Crippen molar-refractivity contribution in [3.05, 3.63) is 28.2 Å². The zero-order chi connectivity index (χ0) is 12.0. The second-order valence-corrected chi connectivity index (χ2v) is 4.23. The molecule has 0 radical (unpaired) electrons. The number of nitrogens with two attached hydrogens (primary N) is 1. The molecule has 0 aliphatic rings. The van der Waals surface area contributed by atoms with Crippen LogP contribution in [0.2, 0.25) is 0 Å². The monoisotopic (exact) mass is 289 g/mol. The Balaban J connectivity index is 2.46. The van der Waals surface area contributed by atoms with Gasteiger partial charge in [0.1, 0.15) is 5.75 Å². The predicted molar refractivity (Wildman–Crippen MR) is 65.4 cm³/mol. The van der Waals surface area contributed by atoms with Gasteiger partial charge in [-0.2, -0.15) is 0 Å². The smallest absolute Gasteiger partial charge is 0.133 e. The molecule has 0 aromatic heterocycles. The molecule has 5 heteroatoms. The third-order valence-electron chi connectivity index (χ3n) is 2.07. The Bertz CT molecular complexity index is 333. The van der Waals surface area contributed by atoms with Crippen molar-refractivity contribution in [1.29, 1.82) is 0 Å². The van der Waals surface area contributed by atoms with E-state index in [-0.39, 0.29) is 13.2 Å². The highest BCUT2D eigenvalue weighted by Crippen LogP contribution is 2.25. The Morgan fingerprint density at radius 3 is 2.81 bits per heavy atom. The van der Waals surface area contributed by atoms with E-state index in [1.54, 1.807) is 7.11 Å². The van der Waals surface area contributed by atoms with Crippen molar-refractivity contribution in [2.75, 3.05) is 20.3 Å². The van der Waals surface area contributed by atoms with Gasteiger partial charge in [-0.1, -0.05) is 6.07 Å². The van der Waals surface area contributed by atoms with Crippen LogP contribution in [0.3, 0.4) is 0 Å². The van der Waals surface area contributed by atoms with Gasteiger partial charge in [0.25, 0.3) is 0 Å².